The average Bonchev–Trinajstić information content (AvgIpc) is 3.17. The van der Waals surface area contributed by atoms with E-state index in [1.165, 1.54) is 0 Å². The van der Waals surface area contributed by atoms with E-state index < -0.39 is 0 Å². The highest BCUT2D eigenvalue weighted by atomic mass is 127. The summed E-state index contributed by atoms with van der Waals surface area (Å²) in [4.78, 5) is 7.31. The van der Waals surface area contributed by atoms with Gasteiger partial charge in [-0.25, -0.2) is 0 Å². The Bertz CT molecular complexity index is 589. The molecular weight excluding hydrogens is 485 g/mol. The number of nitrogens with zero attached hydrogens (tertiary/aromatic N) is 5. The number of ether oxygens (including phenoxy) is 2. The van der Waals surface area contributed by atoms with E-state index in [2.05, 4.69) is 51.1 Å². The van der Waals surface area contributed by atoms with Gasteiger partial charge in [0.05, 0.1) is 19.8 Å². The number of aliphatic imine (C=N–C) groups is 1. The van der Waals surface area contributed by atoms with Crippen molar-refractivity contribution in [1.29, 1.82) is 0 Å². The first-order valence-electron chi connectivity index (χ1n) is 10.3. The first-order valence-corrected chi connectivity index (χ1v) is 10.3. The van der Waals surface area contributed by atoms with Crippen LogP contribution in [0.3, 0.4) is 0 Å². The number of morpholine rings is 1. The third-order valence-electron chi connectivity index (χ3n) is 4.97. The van der Waals surface area contributed by atoms with Crippen molar-refractivity contribution in [3.63, 3.8) is 0 Å². The Morgan fingerprint density at radius 2 is 2.00 bits per heavy atom. The van der Waals surface area contributed by atoms with Gasteiger partial charge in [-0.05, 0) is 20.3 Å². The molecule has 2 N–H and O–H groups in total. The summed E-state index contributed by atoms with van der Waals surface area (Å²) in [5.74, 6) is 1.84. The van der Waals surface area contributed by atoms with Crippen LogP contribution in [0.15, 0.2) is 11.3 Å². The SMILES string of the molecule is CCc1nncn1CCNC(=NCC(C)(C)N1CCOCC1)NCCCOC.I. The molecule has 0 unspecified atom stereocenters. The van der Waals surface area contributed by atoms with Crippen LogP contribution in [0.1, 0.15) is 33.0 Å². The van der Waals surface area contributed by atoms with Gasteiger partial charge in [-0.2, -0.15) is 0 Å². The fourth-order valence-corrected chi connectivity index (χ4v) is 3.17. The van der Waals surface area contributed by atoms with E-state index >= 15 is 0 Å². The molecule has 0 atom stereocenters. The molecule has 2 rings (SSSR count). The summed E-state index contributed by atoms with van der Waals surface area (Å²) >= 11 is 0. The van der Waals surface area contributed by atoms with Crippen LogP contribution >= 0.6 is 24.0 Å². The quantitative estimate of drug-likeness (QED) is 0.195. The molecular formula is C19H38IN7O2. The molecule has 1 aromatic rings. The second-order valence-corrected chi connectivity index (χ2v) is 7.57. The van der Waals surface area contributed by atoms with Gasteiger partial charge in [0.15, 0.2) is 5.96 Å². The van der Waals surface area contributed by atoms with Crippen LogP contribution in [0.2, 0.25) is 0 Å². The maximum Gasteiger partial charge on any atom is 0.191 e. The van der Waals surface area contributed by atoms with E-state index in [4.69, 9.17) is 14.5 Å². The van der Waals surface area contributed by atoms with Gasteiger partial charge in [0.1, 0.15) is 12.2 Å². The highest BCUT2D eigenvalue weighted by Crippen LogP contribution is 2.16. The normalized spacial score (nSPS) is 15.8. The lowest BCUT2D eigenvalue weighted by atomic mass is 10.0. The number of rotatable bonds is 11. The molecule has 0 bridgehead atoms. The monoisotopic (exact) mass is 523 g/mol. The van der Waals surface area contributed by atoms with Crippen molar-refractivity contribution in [2.24, 2.45) is 4.99 Å². The van der Waals surface area contributed by atoms with E-state index in [1.807, 2.05) is 0 Å². The lowest BCUT2D eigenvalue weighted by molar-refractivity contribution is -0.00683. The van der Waals surface area contributed by atoms with Gasteiger partial charge in [0, 0.05) is 58.4 Å². The smallest absolute Gasteiger partial charge is 0.191 e. The van der Waals surface area contributed by atoms with Crippen LogP contribution in [0.5, 0.6) is 0 Å². The number of halogens is 1. The lowest BCUT2D eigenvalue weighted by Crippen LogP contribution is -2.52. The van der Waals surface area contributed by atoms with Crippen molar-refractivity contribution in [1.82, 2.24) is 30.3 Å². The molecule has 2 heterocycles. The molecule has 0 radical (unpaired) electrons. The first kappa shape index (κ1) is 26.1. The average molecular weight is 523 g/mol. The van der Waals surface area contributed by atoms with E-state index in [9.17, 15) is 0 Å². The third kappa shape index (κ3) is 9.14. The van der Waals surface area contributed by atoms with Gasteiger partial charge in [0.25, 0.3) is 0 Å². The van der Waals surface area contributed by atoms with Crippen LogP contribution in [0.4, 0.5) is 0 Å². The maximum atomic E-state index is 5.48. The number of hydrogen-bond acceptors (Lipinski definition) is 6. The number of guanidine groups is 1. The summed E-state index contributed by atoms with van der Waals surface area (Å²) < 4.78 is 12.7. The van der Waals surface area contributed by atoms with Gasteiger partial charge < -0.3 is 24.7 Å². The second kappa shape index (κ2) is 14.1. The van der Waals surface area contributed by atoms with Crippen molar-refractivity contribution >= 4 is 29.9 Å². The molecule has 1 aromatic heterocycles. The molecule has 1 fully saturated rings. The number of aromatic nitrogens is 3. The molecule has 1 aliphatic heterocycles. The fraction of sp³-hybridized carbons (Fsp3) is 0.842. The Hall–Kier alpha value is -0.980. The van der Waals surface area contributed by atoms with Crippen LogP contribution in [0.25, 0.3) is 0 Å². The predicted molar refractivity (Wildman–Crippen MR) is 126 cm³/mol. The molecule has 10 heteroatoms. The molecule has 0 spiro atoms. The van der Waals surface area contributed by atoms with Gasteiger partial charge >= 0.3 is 0 Å². The summed E-state index contributed by atoms with van der Waals surface area (Å²) in [7, 11) is 1.72. The zero-order valence-corrected chi connectivity index (χ0v) is 20.6. The van der Waals surface area contributed by atoms with E-state index in [-0.39, 0.29) is 29.5 Å². The Labute approximate surface area is 192 Å². The van der Waals surface area contributed by atoms with E-state index in [0.717, 1.165) is 83.7 Å². The maximum absolute atomic E-state index is 5.48. The fourth-order valence-electron chi connectivity index (χ4n) is 3.17. The number of aryl methyl sites for hydroxylation is 1. The number of methoxy groups -OCH3 is 1. The molecule has 0 saturated carbocycles. The highest BCUT2D eigenvalue weighted by Gasteiger charge is 2.28. The van der Waals surface area contributed by atoms with Gasteiger partial charge in [-0.1, -0.05) is 6.92 Å². The summed E-state index contributed by atoms with van der Waals surface area (Å²) in [6, 6.07) is 0. The molecule has 29 heavy (non-hydrogen) atoms. The summed E-state index contributed by atoms with van der Waals surface area (Å²) in [6.45, 7) is 13.9. The summed E-state index contributed by atoms with van der Waals surface area (Å²) in [6.07, 6.45) is 3.60. The molecule has 0 aliphatic carbocycles. The molecule has 0 aromatic carbocycles. The van der Waals surface area contributed by atoms with E-state index in [0.29, 0.717) is 0 Å². The van der Waals surface area contributed by atoms with Crippen LogP contribution in [-0.2, 0) is 22.4 Å². The molecule has 1 saturated heterocycles. The van der Waals surface area contributed by atoms with Crippen molar-refractivity contribution in [2.75, 3.05) is 59.7 Å². The summed E-state index contributed by atoms with van der Waals surface area (Å²) in [5, 5.41) is 15.0. The minimum atomic E-state index is -0.00539. The highest BCUT2D eigenvalue weighted by molar-refractivity contribution is 14.0. The Morgan fingerprint density at radius 3 is 2.69 bits per heavy atom. The third-order valence-corrected chi connectivity index (χ3v) is 4.97. The number of nitrogens with one attached hydrogen (secondary N) is 2. The standard InChI is InChI=1S/C19H37N7O2.HI/c1-5-17-24-23-16-25(17)9-8-21-18(20-7-6-12-27-4)22-15-19(2,3)26-10-13-28-14-11-26;/h16H,5-15H2,1-4H3,(H2,20,21,22);1H. The molecule has 0 amide bonds. The molecule has 168 valence electrons. The Balaban J connectivity index is 0.00000420. The van der Waals surface area contributed by atoms with Crippen LogP contribution in [-0.4, -0.2) is 90.8 Å². The lowest BCUT2D eigenvalue weighted by Gasteiger charge is -2.39. The predicted octanol–water partition coefficient (Wildman–Crippen LogP) is 1.14. The van der Waals surface area contributed by atoms with Crippen LogP contribution < -0.4 is 10.6 Å². The minimum Gasteiger partial charge on any atom is -0.385 e. The number of hydrogen-bond donors (Lipinski definition) is 2. The molecule has 1 aliphatic rings. The Morgan fingerprint density at radius 1 is 1.28 bits per heavy atom. The van der Waals surface area contributed by atoms with Crippen molar-refractivity contribution < 1.29 is 9.47 Å². The summed E-state index contributed by atoms with van der Waals surface area (Å²) in [5.41, 5.74) is -0.00539. The van der Waals surface area contributed by atoms with E-state index in [1.54, 1.807) is 13.4 Å². The van der Waals surface area contributed by atoms with Gasteiger partial charge in [-0.3, -0.25) is 9.89 Å². The second-order valence-electron chi connectivity index (χ2n) is 7.57. The van der Waals surface area contributed by atoms with Crippen molar-refractivity contribution in [2.45, 2.75) is 45.7 Å². The zero-order chi connectivity index (χ0) is 20.2. The van der Waals surface area contributed by atoms with Crippen molar-refractivity contribution in [3.8, 4) is 0 Å². The molecule has 9 nitrogen and oxygen atoms in total. The Kier molecular flexibility index (Phi) is 12.7. The zero-order valence-electron chi connectivity index (χ0n) is 18.3. The topological polar surface area (TPSA) is 88.8 Å². The van der Waals surface area contributed by atoms with Crippen molar-refractivity contribution in [3.05, 3.63) is 12.2 Å². The van der Waals surface area contributed by atoms with Gasteiger partial charge in [0.2, 0.25) is 0 Å². The first-order chi connectivity index (χ1) is 13.6. The largest absolute Gasteiger partial charge is 0.385 e. The minimum absolute atomic E-state index is 0. The van der Waals surface area contributed by atoms with Crippen LogP contribution in [0, 0.1) is 0 Å². The van der Waals surface area contributed by atoms with Gasteiger partial charge in [-0.15, -0.1) is 34.2 Å².